The summed E-state index contributed by atoms with van der Waals surface area (Å²) < 4.78 is 11.6. The number of fused-ring (bicyclic) bond motifs is 3. The molecule has 2 heterocycles. The van der Waals surface area contributed by atoms with Gasteiger partial charge in [0.25, 0.3) is 0 Å². The van der Waals surface area contributed by atoms with E-state index in [9.17, 15) is 0 Å². The lowest BCUT2D eigenvalue weighted by Crippen LogP contribution is -2.13. The SMILES string of the molecule is CC1=NC=C2C(=C3C=C4C=CCOC4=C3C=CC2Cl)O1. The summed E-state index contributed by atoms with van der Waals surface area (Å²) in [6.07, 6.45) is 11.9. The van der Waals surface area contributed by atoms with Gasteiger partial charge in [0.15, 0.2) is 5.90 Å². The summed E-state index contributed by atoms with van der Waals surface area (Å²) in [6, 6.07) is 0. The van der Waals surface area contributed by atoms with E-state index >= 15 is 0 Å². The molecule has 0 aromatic carbocycles. The van der Waals surface area contributed by atoms with Crippen molar-refractivity contribution in [1.29, 1.82) is 0 Å². The van der Waals surface area contributed by atoms with Crippen LogP contribution in [0.5, 0.6) is 0 Å². The molecule has 20 heavy (non-hydrogen) atoms. The summed E-state index contributed by atoms with van der Waals surface area (Å²) in [6.45, 7) is 2.43. The van der Waals surface area contributed by atoms with E-state index in [2.05, 4.69) is 17.1 Å². The summed E-state index contributed by atoms with van der Waals surface area (Å²) >= 11 is 6.39. The van der Waals surface area contributed by atoms with Crippen molar-refractivity contribution in [3.05, 3.63) is 70.4 Å². The lowest BCUT2D eigenvalue weighted by molar-refractivity contribution is 0.251. The molecule has 3 nitrogen and oxygen atoms in total. The van der Waals surface area contributed by atoms with Gasteiger partial charge in [-0.25, -0.2) is 4.99 Å². The molecule has 0 bridgehead atoms. The molecule has 0 amide bonds. The fraction of sp³-hybridized carbons (Fsp3) is 0.188. The second-order valence-electron chi connectivity index (χ2n) is 4.89. The molecule has 1 unspecified atom stereocenters. The molecular formula is C16H12ClNO2. The maximum atomic E-state index is 6.39. The van der Waals surface area contributed by atoms with E-state index in [1.54, 1.807) is 6.20 Å². The number of hydrogen-bond acceptors (Lipinski definition) is 3. The van der Waals surface area contributed by atoms with Gasteiger partial charge in [0, 0.05) is 35.4 Å². The Kier molecular flexibility index (Phi) is 2.51. The summed E-state index contributed by atoms with van der Waals surface area (Å²) in [7, 11) is 0. The highest BCUT2D eigenvalue weighted by molar-refractivity contribution is 6.24. The van der Waals surface area contributed by atoms with E-state index in [-0.39, 0.29) is 5.38 Å². The fourth-order valence-electron chi connectivity index (χ4n) is 2.66. The Hall–Kier alpha value is -2.00. The normalized spacial score (nSPS) is 26.7. The molecule has 0 aromatic heterocycles. The van der Waals surface area contributed by atoms with Crippen LogP contribution in [0.3, 0.4) is 0 Å². The maximum absolute atomic E-state index is 6.39. The molecule has 0 N–H and O–H groups in total. The molecule has 0 saturated carbocycles. The number of halogens is 1. The van der Waals surface area contributed by atoms with Crippen molar-refractivity contribution < 1.29 is 9.47 Å². The predicted molar refractivity (Wildman–Crippen MR) is 78.3 cm³/mol. The molecule has 0 spiro atoms. The van der Waals surface area contributed by atoms with Crippen molar-refractivity contribution >= 4 is 17.5 Å². The summed E-state index contributed by atoms with van der Waals surface area (Å²) in [5, 5.41) is -0.246. The summed E-state index contributed by atoms with van der Waals surface area (Å²) in [4.78, 5) is 4.21. The standard InChI is InChI=1S/C16H12ClNO2/c1-9-18-8-13-14(17)5-4-11-12(16(13)20-9)7-10-3-2-6-19-15(10)11/h2-5,7-8,14H,6H2,1H3. The number of ether oxygens (including phenoxy) is 2. The van der Waals surface area contributed by atoms with E-state index < -0.39 is 0 Å². The number of aliphatic imine (C=N–C) groups is 1. The average Bonchev–Trinajstić information content (AvgIpc) is 2.77. The molecule has 2 aliphatic heterocycles. The minimum Gasteiger partial charge on any atom is -0.488 e. The first-order valence-electron chi connectivity index (χ1n) is 6.49. The first-order chi connectivity index (χ1) is 9.74. The third kappa shape index (κ3) is 1.63. The Labute approximate surface area is 121 Å². The predicted octanol–water partition coefficient (Wildman–Crippen LogP) is 3.53. The van der Waals surface area contributed by atoms with Crippen LogP contribution in [0.4, 0.5) is 0 Å². The number of alkyl halides is 1. The van der Waals surface area contributed by atoms with Crippen LogP contribution in [0, 0.1) is 0 Å². The molecule has 100 valence electrons. The van der Waals surface area contributed by atoms with Crippen LogP contribution in [0.25, 0.3) is 0 Å². The highest BCUT2D eigenvalue weighted by Gasteiger charge is 2.32. The summed E-state index contributed by atoms with van der Waals surface area (Å²) in [5.41, 5.74) is 4.01. The quantitative estimate of drug-likeness (QED) is 0.638. The van der Waals surface area contributed by atoms with E-state index in [0.29, 0.717) is 12.5 Å². The van der Waals surface area contributed by atoms with Crippen molar-refractivity contribution in [1.82, 2.24) is 0 Å². The van der Waals surface area contributed by atoms with Gasteiger partial charge in [-0.2, -0.15) is 0 Å². The van der Waals surface area contributed by atoms with Crippen LogP contribution in [0.1, 0.15) is 6.92 Å². The third-order valence-electron chi connectivity index (χ3n) is 3.59. The van der Waals surface area contributed by atoms with Gasteiger partial charge in [-0.1, -0.05) is 18.2 Å². The molecule has 4 heteroatoms. The van der Waals surface area contributed by atoms with Gasteiger partial charge in [-0.05, 0) is 12.2 Å². The number of nitrogens with zero attached hydrogens (tertiary/aromatic N) is 1. The fourth-order valence-corrected chi connectivity index (χ4v) is 2.89. The largest absolute Gasteiger partial charge is 0.488 e. The monoisotopic (exact) mass is 285 g/mol. The van der Waals surface area contributed by atoms with Crippen molar-refractivity contribution in [2.75, 3.05) is 6.61 Å². The maximum Gasteiger partial charge on any atom is 0.191 e. The van der Waals surface area contributed by atoms with Gasteiger partial charge < -0.3 is 9.47 Å². The van der Waals surface area contributed by atoms with Gasteiger partial charge >= 0.3 is 0 Å². The second kappa shape index (κ2) is 4.25. The molecule has 4 rings (SSSR count). The molecule has 2 aliphatic carbocycles. The van der Waals surface area contributed by atoms with Gasteiger partial charge in [0.2, 0.25) is 0 Å². The molecule has 4 aliphatic rings. The molecule has 1 atom stereocenters. The topological polar surface area (TPSA) is 30.8 Å². The molecule has 0 fully saturated rings. The Balaban J connectivity index is 1.97. The first kappa shape index (κ1) is 11.8. The van der Waals surface area contributed by atoms with Crippen LogP contribution in [-0.2, 0) is 9.47 Å². The van der Waals surface area contributed by atoms with Crippen molar-refractivity contribution in [3.63, 3.8) is 0 Å². The van der Waals surface area contributed by atoms with Crippen LogP contribution in [0.2, 0.25) is 0 Å². The van der Waals surface area contributed by atoms with E-state index in [4.69, 9.17) is 21.1 Å². The van der Waals surface area contributed by atoms with E-state index in [0.717, 1.165) is 33.8 Å². The van der Waals surface area contributed by atoms with Crippen molar-refractivity contribution in [2.45, 2.75) is 12.3 Å². The van der Waals surface area contributed by atoms with E-state index in [1.165, 1.54) is 0 Å². The van der Waals surface area contributed by atoms with Crippen molar-refractivity contribution in [3.8, 4) is 0 Å². The lowest BCUT2D eigenvalue weighted by atomic mass is 10.1. The van der Waals surface area contributed by atoms with Gasteiger partial charge in [0.05, 0.1) is 5.38 Å². The highest BCUT2D eigenvalue weighted by Crippen LogP contribution is 2.42. The van der Waals surface area contributed by atoms with Gasteiger partial charge in [-0.15, -0.1) is 11.6 Å². The minimum absolute atomic E-state index is 0.246. The summed E-state index contributed by atoms with van der Waals surface area (Å²) in [5.74, 6) is 2.31. The zero-order valence-corrected chi connectivity index (χ0v) is 11.6. The van der Waals surface area contributed by atoms with Crippen LogP contribution >= 0.6 is 11.6 Å². The number of allylic oxidation sites excluding steroid dienone is 7. The van der Waals surface area contributed by atoms with Crippen LogP contribution in [0.15, 0.2) is 75.4 Å². The number of hydrogen-bond donors (Lipinski definition) is 0. The molecule has 0 aromatic rings. The molecule has 0 saturated heterocycles. The third-order valence-corrected chi connectivity index (χ3v) is 3.97. The van der Waals surface area contributed by atoms with Gasteiger partial charge in [-0.3, -0.25) is 0 Å². The second-order valence-corrected chi connectivity index (χ2v) is 5.36. The number of rotatable bonds is 0. The lowest BCUT2D eigenvalue weighted by Gasteiger charge is -2.19. The Bertz CT molecular complexity index is 717. The zero-order chi connectivity index (χ0) is 13.7. The zero-order valence-electron chi connectivity index (χ0n) is 10.9. The Morgan fingerprint density at radius 2 is 2.15 bits per heavy atom. The van der Waals surface area contributed by atoms with Crippen LogP contribution in [-0.4, -0.2) is 17.9 Å². The molecular weight excluding hydrogens is 274 g/mol. The smallest absolute Gasteiger partial charge is 0.191 e. The first-order valence-corrected chi connectivity index (χ1v) is 6.93. The molecule has 0 radical (unpaired) electrons. The Morgan fingerprint density at radius 3 is 3.05 bits per heavy atom. The van der Waals surface area contributed by atoms with Crippen molar-refractivity contribution in [2.24, 2.45) is 4.99 Å². The van der Waals surface area contributed by atoms with Gasteiger partial charge in [0.1, 0.15) is 18.1 Å². The highest BCUT2D eigenvalue weighted by atomic mass is 35.5. The van der Waals surface area contributed by atoms with E-state index in [1.807, 2.05) is 25.2 Å². The van der Waals surface area contributed by atoms with Crippen LogP contribution < -0.4 is 0 Å². The Morgan fingerprint density at radius 1 is 1.25 bits per heavy atom. The minimum atomic E-state index is -0.246. The average molecular weight is 286 g/mol.